The van der Waals surface area contributed by atoms with E-state index in [4.69, 9.17) is 0 Å². The van der Waals surface area contributed by atoms with Gasteiger partial charge in [0.2, 0.25) is 0 Å². The van der Waals surface area contributed by atoms with Gasteiger partial charge in [-0.25, -0.2) is 0 Å². The number of hydrogen-bond donors (Lipinski definition) is 0. The first kappa shape index (κ1) is 20.5. The highest BCUT2D eigenvalue weighted by molar-refractivity contribution is 6.02. The summed E-state index contributed by atoms with van der Waals surface area (Å²) in [6, 6.07) is 29.8. The lowest BCUT2D eigenvalue weighted by molar-refractivity contribution is 0.0747. The molecule has 1 fully saturated rings. The lowest BCUT2D eigenvalue weighted by atomic mass is 9.99. The van der Waals surface area contributed by atoms with Crippen LogP contribution in [0.25, 0.3) is 22.4 Å². The minimum Gasteiger partial charge on any atom is -0.368 e. The summed E-state index contributed by atoms with van der Waals surface area (Å²) in [6.07, 6.45) is 0. The van der Waals surface area contributed by atoms with Gasteiger partial charge in [0.1, 0.15) is 0 Å². The summed E-state index contributed by atoms with van der Waals surface area (Å²) in [6.45, 7) is 3.36. The molecule has 5 nitrogen and oxygen atoms in total. The number of carbonyl (C=O) groups is 1. The fourth-order valence-electron chi connectivity index (χ4n) is 5.13. The highest BCUT2D eigenvalue weighted by Gasteiger charge is 2.31. The summed E-state index contributed by atoms with van der Waals surface area (Å²) >= 11 is 0. The Balaban J connectivity index is 1.40. The number of amides is 1. The van der Waals surface area contributed by atoms with Gasteiger partial charge in [0.25, 0.3) is 11.5 Å². The molecule has 1 saturated heterocycles. The van der Waals surface area contributed by atoms with Crippen LogP contribution in [0.3, 0.4) is 0 Å². The van der Waals surface area contributed by atoms with E-state index in [1.165, 1.54) is 5.69 Å². The van der Waals surface area contributed by atoms with Gasteiger partial charge >= 0.3 is 0 Å². The highest BCUT2D eigenvalue weighted by Crippen LogP contribution is 2.35. The zero-order valence-electron chi connectivity index (χ0n) is 18.9. The van der Waals surface area contributed by atoms with Crippen molar-refractivity contribution in [2.75, 3.05) is 31.1 Å². The molecular weight excluding hydrogens is 422 g/mol. The van der Waals surface area contributed by atoms with Gasteiger partial charge in [0.05, 0.1) is 17.8 Å². The molecular formula is C29H25N3O2. The van der Waals surface area contributed by atoms with Crippen LogP contribution >= 0.6 is 0 Å². The predicted molar refractivity (Wildman–Crippen MR) is 135 cm³/mol. The van der Waals surface area contributed by atoms with Gasteiger partial charge < -0.3 is 14.4 Å². The smallest absolute Gasteiger partial charge is 0.259 e. The van der Waals surface area contributed by atoms with Crippen LogP contribution in [-0.2, 0) is 6.54 Å². The van der Waals surface area contributed by atoms with E-state index in [-0.39, 0.29) is 11.5 Å². The van der Waals surface area contributed by atoms with E-state index in [0.29, 0.717) is 30.8 Å². The van der Waals surface area contributed by atoms with Crippen molar-refractivity contribution in [2.45, 2.75) is 6.54 Å². The number of pyridine rings is 1. The molecule has 4 aromatic rings. The molecule has 0 bridgehead atoms. The van der Waals surface area contributed by atoms with Crippen molar-refractivity contribution in [2.24, 2.45) is 0 Å². The number of nitrogens with zero attached hydrogens (tertiary/aromatic N) is 3. The normalized spacial score (nSPS) is 14.6. The first-order valence-corrected chi connectivity index (χ1v) is 11.7. The third-order valence-electron chi connectivity index (χ3n) is 6.89. The Labute approximate surface area is 198 Å². The molecule has 0 atom stereocenters. The number of piperazine rings is 1. The SMILES string of the molecule is O=C(c1cc(-c2ccccc2)c(=O)n2c1-c1ccccc1C2)N1CCN(c2ccccc2)CC1. The van der Waals surface area contributed by atoms with Crippen LogP contribution in [-0.4, -0.2) is 41.6 Å². The average molecular weight is 448 g/mol. The lowest BCUT2D eigenvalue weighted by Gasteiger charge is -2.36. The molecule has 5 heteroatoms. The van der Waals surface area contributed by atoms with Crippen molar-refractivity contribution < 1.29 is 4.79 Å². The first-order valence-electron chi connectivity index (χ1n) is 11.7. The van der Waals surface area contributed by atoms with Gasteiger partial charge in [-0.15, -0.1) is 0 Å². The molecule has 0 radical (unpaired) electrons. The van der Waals surface area contributed by atoms with Gasteiger partial charge in [-0.1, -0.05) is 72.8 Å². The quantitative estimate of drug-likeness (QED) is 0.409. The van der Waals surface area contributed by atoms with Gasteiger partial charge in [0.15, 0.2) is 0 Å². The van der Waals surface area contributed by atoms with Crippen molar-refractivity contribution in [3.05, 3.63) is 112 Å². The maximum absolute atomic E-state index is 13.9. The molecule has 3 heterocycles. The molecule has 0 N–H and O–H groups in total. The molecule has 0 spiro atoms. The van der Waals surface area contributed by atoms with Crippen LogP contribution in [0.4, 0.5) is 5.69 Å². The summed E-state index contributed by atoms with van der Waals surface area (Å²) in [4.78, 5) is 31.7. The van der Waals surface area contributed by atoms with Crippen molar-refractivity contribution in [1.82, 2.24) is 9.47 Å². The molecule has 2 aliphatic heterocycles. The van der Waals surface area contributed by atoms with Crippen LogP contribution in [0.5, 0.6) is 0 Å². The number of benzene rings is 3. The van der Waals surface area contributed by atoms with Gasteiger partial charge in [-0.05, 0) is 29.3 Å². The third-order valence-corrected chi connectivity index (χ3v) is 6.89. The van der Waals surface area contributed by atoms with Crippen molar-refractivity contribution in [1.29, 1.82) is 0 Å². The lowest BCUT2D eigenvalue weighted by Crippen LogP contribution is -2.49. The molecule has 1 aromatic heterocycles. The predicted octanol–water partition coefficient (Wildman–Crippen LogP) is 4.51. The van der Waals surface area contributed by atoms with Crippen molar-refractivity contribution in [3.63, 3.8) is 0 Å². The Hall–Kier alpha value is -4.12. The molecule has 0 aliphatic carbocycles. The average Bonchev–Trinajstić information content (AvgIpc) is 3.30. The standard InChI is InChI=1S/C29H25N3O2/c33-28(31-17-15-30(16-18-31)23-12-5-2-6-13-23)26-19-25(21-9-3-1-4-10-21)29(34)32-20-22-11-7-8-14-24(22)27(26)32/h1-14,19H,15-18,20H2. The molecule has 6 rings (SSSR count). The fourth-order valence-corrected chi connectivity index (χ4v) is 5.13. The molecule has 34 heavy (non-hydrogen) atoms. The largest absolute Gasteiger partial charge is 0.368 e. The van der Waals surface area contributed by atoms with Crippen molar-refractivity contribution >= 4 is 11.6 Å². The minimum atomic E-state index is -0.0529. The van der Waals surface area contributed by atoms with Crippen LogP contribution in [0.2, 0.25) is 0 Å². The van der Waals surface area contributed by atoms with E-state index in [9.17, 15) is 9.59 Å². The number of anilines is 1. The Morgan fingerprint density at radius 1 is 0.706 bits per heavy atom. The summed E-state index contributed by atoms with van der Waals surface area (Å²) in [5.74, 6) is -0.00894. The second-order valence-electron chi connectivity index (χ2n) is 8.85. The maximum Gasteiger partial charge on any atom is 0.259 e. The van der Waals surface area contributed by atoms with E-state index >= 15 is 0 Å². The van der Waals surface area contributed by atoms with Crippen LogP contribution in [0, 0.1) is 0 Å². The third kappa shape index (κ3) is 3.41. The monoisotopic (exact) mass is 447 g/mol. The number of hydrogen-bond acceptors (Lipinski definition) is 3. The molecule has 1 amide bonds. The van der Waals surface area contributed by atoms with Crippen LogP contribution < -0.4 is 10.5 Å². The van der Waals surface area contributed by atoms with Gasteiger partial charge in [-0.2, -0.15) is 0 Å². The Bertz CT molecular complexity index is 1420. The number of para-hydroxylation sites is 1. The van der Waals surface area contributed by atoms with Crippen LogP contribution in [0.15, 0.2) is 95.8 Å². The number of fused-ring (bicyclic) bond motifs is 3. The Morgan fingerprint density at radius 2 is 1.35 bits per heavy atom. The number of aromatic nitrogens is 1. The van der Waals surface area contributed by atoms with E-state index in [0.717, 1.165) is 35.5 Å². The highest BCUT2D eigenvalue weighted by atomic mass is 16.2. The Morgan fingerprint density at radius 3 is 2.09 bits per heavy atom. The minimum absolute atomic E-state index is 0.00894. The fraction of sp³-hybridized carbons (Fsp3) is 0.172. The van der Waals surface area contributed by atoms with Gasteiger partial charge in [0, 0.05) is 43.0 Å². The molecule has 0 saturated carbocycles. The topological polar surface area (TPSA) is 45.6 Å². The van der Waals surface area contributed by atoms with E-state index < -0.39 is 0 Å². The zero-order chi connectivity index (χ0) is 23.1. The summed E-state index contributed by atoms with van der Waals surface area (Å²) in [7, 11) is 0. The van der Waals surface area contributed by atoms with Gasteiger partial charge in [-0.3, -0.25) is 9.59 Å². The molecule has 2 aliphatic rings. The summed E-state index contributed by atoms with van der Waals surface area (Å²) in [5.41, 5.74) is 5.94. The maximum atomic E-state index is 13.9. The molecule has 0 unspecified atom stereocenters. The van der Waals surface area contributed by atoms with E-state index in [1.54, 1.807) is 4.57 Å². The van der Waals surface area contributed by atoms with E-state index in [2.05, 4.69) is 17.0 Å². The summed E-state index contributed by atoms with van der Waals surface area (Å²) < 4.78 is 1.78. The second kappa shape index (κ2) is 8.34. The van der Waals surface area contributed by atoms with Crippen LogP contribution in [0.1, 0.15) is 15.9 Å². The molecule has 3 aromatic carbocycles. The second-order valence-corrected chi connectivity index (χ2v) is 8.85. The Kier molecular flexibility index (Phi) is 5.02. The number of rotatable bonds is 3. The number of carbonyl (C=O) groups excluding carboxylic acids is 1. The first-order chi connectivity index (χ1) is 16.7. The molecule has 168 valence electrons. The van der Waals surface area contributed by atoms with E-state index in [1.807, 2.05) is 83.8 Å². The zero-order valence-corrected chi connectivity index (χ0v) is 18.9. The summed E-state index contributed by atoms with van der Waals surface area (Å²) in [5, 5.41) is 0. The van der Waals surface area contributed by atoms with Crippen molar-refractivity contribution in [3.8, 4) is 22.4 Å².